The fourth-order valence-electron chi connectivity index (χ4n) is 1.22. The van der Waals surface area contributed by atoms with Gasteiger partial charge in [-0.3, -0.25) is 0 Å². The first-order valence-electron chi connectivity index (χ1n) is 4.00. The van der Waals surface area contributed by atoms with Crippen molar-refractivity contribution in [3.63, 3.8) is 0 Å². The van der Waals surface area contributed by atoms with E-state index in [4.69, 9.17) is 5.73 Å². The molecule has 0 aliphatic rings. The van der Waals surface area contributed by atoms with Crippen LogP contribution in [0, 0.1) is 6.92 Å². The van der Waals surface area contributed by atoms with Crippen LogP contribution in [0.5, 0.6) is 0 Å². The molecule has 0 spiro atoms. The summed E-state index contributed by atoms with van der Waals surface area (Å²) in [7, 11) is 0. The molecule has 0 saturated heterocycles. The Morgan fingerprint density at radius 2 is 2.23 bits per heavy atom. The van der Waals surface area contributed by atoms with E-state index in [1.807, 2.05) is 25.4 Å². The maximum Gasteiger partial charge on any atom is 0.128 e. The number of nitrogens with two attached hydrogens (primary N) is 1. The second kappa shape index (κ2) is 2.90. The average molecular weight is 174 g/mol. The molecule has 0 aliphatic heterocycles. The number of aromatic nitrogens is 3. The van der Waals surface area contributed by atoms with E-state index in [9.17, 15) is 0 Å². The van der Waals surface area contributed by atoms with Gasteiger partial charge in [-0.2, -0.15) is 0 Å². The summed E-state index contributed by atoms with van der Waals surface area (Å²) in [6.45, 7) is 1.83. The van der Waals surface area contributed by atoms with Crippen molar-refractivity contribution in [1.82, 2.24) is 15.0 Å². The number of hydrogen-bond acceptors (Lipinski definition) is 3. The van der Waals surface area contributed by atoms with Gasteiger partial charge in [0, 0.05) is 24.0 Å². The normalized spacial score (nSPS) is 10.2. The number of rotatable bonds is 1. The van der Waals surface area contributed by atoms with Gasteiger partial charge in [-0.15, -0.1) is 0 Å². The topological polar surface area (TPSA) is 67.6 Å². The molecule has 0 aromatic carbocycles. The number of nitrogens with zero attached hydrogens (tertiary/aromatic N) is 2. The molecular formula is C9H10N4. The Morgan fingerprint density at radius 3 is 2.85 bits per heavy atom. The molecule has 0 amide bonds. The quantitative estimate of drug-likeness (QED) is 0.686. The van der Waals surface area contributed by atoms with Gasteiger partial charge in [0.1, 0.15) is 11.6 Å². The van der Waals surface area contributed by atoms with Crippen LogP contribution in [0.25, 0.3) is 11.3 Å². The van der Waals surface area contributed by atoms with Gasteiger partial charge in [-0.25, -0.2) is 9.97 Å². The molecule has 2 rings (SSSR count). The van der Waals surface area contributed by atoms with Gasteiger partial charge in [0.05, 0.1) is 5.69 Å². The monoisotopic (exact) mass is 174 g/mol. The van der Waals surface area contributed by atoms with Crippen molar-refractivity contribution in [1.29, 1.82) is 0 Å². The Labute approximate surface area is 75.8 Å². The summed E-state index contributed by atoms with van der Waals surface area (Å²) in [6.07, 6.45) is 3.73. The van der Waals surface area contributed by atoms with Gasteiger partial charge in [0.15, 0.2) is 0 Å². The van der Waals surface area contributed by atoms with E-state index < -0.39 is 0 Å². The second-order valence-electron chi connectivity index (χ2n) is 2.82. The van der Waals surface area contributed by atoms with Crippen LogP contribution in [0.2, 0.25) is 0 Å². The summed E-state index contributed by atoms with van der Waals surface area (Å²) in [6, 6.07) is 3.71. The zero-order valence-electron chi connectivity index (χ0n) is 7.28. The van der Waals surface area contributed by atoms with Crippen LogP contribution in [-0.4, -0.2) is 15.0 Å². The van der Waals surface area contributed by atoms with Crippen LogP contribution >= 0.6 is 0 Å². The van der Waals surface area contributed by atoms with Crippen molar-refractivity contribution in [3.05, 3.63) is 30.4 Å². The second-order valence-corrected chi connectivity index (χ2v) is 2.82. The standard InChI is InChI=1S/C9H10N4/c1-6-12-8(4-9(10)13-6)7-2-3-11-5-7/h2-5,11H,1H3,(H2,10,12,13). The Bertz CT molecular complexity index is 385. The van der Waals surface area contributed by atoms with Gasteiger partial charge in [0.2, 0.25) is 0 Å². The SMILES string of the molecule is Cc1nc(N)cc(-c2cc[nH]c2)n1. The molecule has 0 atom stereocenters. The molecular weight excluding hydrogens is 164 g/mol. The summed E-state index contributed by atoms with van der Waals surface area (Å²) in [4.78, 5) is 11.2. The third-order valence-corrected chi connectivity index (χ3v) is 1.75. The molecule has 66 valence electrons. The summed E-state index contributed by atoms with van der Waals surface area (Å²) < 4.78 is 0. The van der Waals surface area contributed by atoms with Crippen LogP contribution in [0.4, 0.5) is 5.82 Å². The first kappa shape index (κ1) is 7.79. The first-order chi connectivity index (χ1) is 6.25. The minimum atomic E-state index is 0.503. The van der Waals surface area contributed by atoms with Gasteiger partial charge in [-0.05, 0) is 13.0 Å². The molecule has 0 saturated carbocycles. The van der Waals surface area contributed by atoms with E-state index >= 15 is 0 Å². The number of anilines is 1. The van der Waals surface area contributed by atoms with Crippen molar-refractivity contribution in [3.8, 4) is 11.3 Å². The van der Waals surface area contributed by atoms with Crippen LogP contribution in [0.15, 0.2) is 24.5 Å². The zero-order chi connectivity index (χ0) is 9.26. The van der Waals surface area contributed by atoms with E-state index in [1.54, 1.807) is 6.07 Å². The van der Waals surface area contributed by atoms with Crippen molar-refractivity contribution in [2.75, 3.05) is 5.73 Å². The van der Waals surface area contributed by atoms with Crippen LogP contribution in [0.3, 0.4) is 0 Å². The first-order valence-corrected chi connectivity index (χ1v) is 4.00. The predicted molar refractivity (Wildman–Crippen MR) is 51.0 cm³/mol. The smallest absolute Gasteiger partial charge is 0.128 e. The highest BCUT2D eigenvalue weighted by Gasteiger charge is 2.01. The van der Waals surface area contributed by atoms with Crippen molar-refractivity contribution in [2.45, 2.75) is 6.92 Å². The molecule has 0 bridgehead atoms. The molecule has 4 heteroatoms. The van der Waals surface area contributed by atoms with E-state index in [0.29, 0.717) is 11.6 Å². The van der Waals surface area contributed by atoms with E-state index in [-0.39, 0.29) is 0 Å². The Hall–Kier alpha value is -1.84. The van der Waals surface area contributed by atoms with Gasteiger partial charge in [0.25, 0.3) is 0 Å². The molecule has 0 aliphatic carbocycles. The van der Waals surface area contributed by atoms with E-state index in [0.717, 1.165) is 11.3 Å². The van der Waals surface area contributed by atoms with Crippen molar-refractivity contribution < 1.29 is 0 Å². The van der Waals surface area contributed by atoms with Crippen molar-refractivity contribution in [2.24, 2.45) is 0 Å². The summed E-state index contributed by atoms with van der Waals surface area (Å²) in [5.41, 5.74) is 7.48. The lowest BCUT2D eigenvalue weighted by Gasteiger charge is -1.99. The molecule has 0 radical (unpaired) electrons. The molecule has 3 N–H and O–H groups in total. The lowest BCUT2D eigenvalue weighted by molar-refractivity contribution is 1.07. The average Bonchev–Trinajstić information content (AvgIpc) is 2.53. The Morgan fingerprint density at radius 1 is 1.38 bits per heavy atom. The molecule has 4 nitrogen and oxygen atoms in total. The number of aryl methyl sites for hydroxylation is 1. The maximum absolute atomic E-state index is 5.60. The number of hydrogen-bond donors (Lipinski definition) is 2. The van der Waals surface area contributed by atoms with E-state index in [2.05, 4.69) is 15.0 Å². The molecule has 2 aromatic rings. The summed E-state index contributed by atoms with van der Waals surface area (Å²) in [5.74, 6) is 1.19. The number of nitrogen functional groups attached to an aromatic ring is 1. The fraction of sp³-hybridized carbons (Fsp3) is 0.111. The highest BCUT2D eigenvalue weighted by atomic mass is 14.9. The zero-order valence-corrected chi connectivity index (χ0v) is 7.28. The van der Waals surface area contributed by atoms with Gasteiger partial charge >= 0.3 is 0 Å². The van der Waals surface area contributed by atoms with Gasteiger partial charge in [-0.1, -0.05) is 0 Å². The molecule has 0 fully saturated rings. The third kappa shape index (κ3) is 1.51. The lowest BCUT2D eigenvalue weighted by atomic mass is 10.2. The third-order valence-electron chi connectivity index (χ3n) is 1.75. The van der Waals surface area contributed by atoms with Crippen LogP contribution < -0.4 is 5.73 Å². The van der Waals surface area contributed by atoms with Crippen LogP contribution in [0.1, 0.15) is 5.82 Å². The van der Waals surface area contributed by atoms with Crippen LogP contribution in [-0.2, 0) is 0 Å². The highest BCUT2D eigenvalue weighted by molar-refractivity contribution is 5.60. The Balaban J connectivity index is 2.53. The highest BCUT2D eigenvalue weighted by Crippen LogP contribution is 2.17. The van der Waals surface area contributed by atoms with Crippen molar-refractivity contribution >= 4 is 5.82 Å². The molecule has 2 heterocycles. The molecule has 2 aromatic heterocycles. The minimum absolute atomic E-state index is 0.503. The number of aromatic amines is 1. The lowest BCUT2D eigenvalue weighted by Crippen LogP contribution is -1.96. The largest absolute Gasteiger partial charge is 0.384 e. The summed E-state index contributed by atoms with van der Waals surface area (Å²) in [5, 5.41) is 0. The number of nitrogens with one attached hydrogen (secondary N) is 1. The van der Waals surface area contributed by atoms with Gasteiger partial charge < -0.3 is 10.7 Å². The van der Waals surface area contributed by atoms with E-state index in [1.165, 1.54) is 0 Å². The molecule has 0 unspecified atom stereocenters. The minimum Gasteiger partial charge on any atom is -0.384 e. The number of H-pyrrole nitrogens is 1. The Kier molecular flexibility index (Phi) is 1.73. The molecule has 13 heavy (non-hydrogen) atoms. The maximum atomic E-state index is 5.60. The predicted octanol–water partition coefficient (Wildman–Crippen LogP) is 1.36. The summed E-state index contributed by atoms with van der Waals surface area (Å²) >= 11 is 0. The fourth-order valence-corrected chi connectivity index (χ4v) is 1.22.